The summed E-state index contributed by atoms with van der Waals surface area (Å²) in [5.74, 6) is -0.325. The number of hydrogen-bond acceptors (Lipinski definition) is 4. The average Bonchev–Trinajstić information content (AvgIpc) is 2.36. The molecule has 0 aromatic heterocycles. The fraction of sp³-hybridized carbons (Fsp3) is 0.385. The number of amides is 2. The first-order valence-corrected chi connectivity index (χ1v) is 6.09. The van der Waals surface area contributed by atoms with Crippen molar-refractivity contribution in [2.24, 2.45) is 0 Å². The molecule has 0 radical (unpaired) electrons. The lowest BCUT2D eigenvalue weighted by Gasteiger charge is -2.12. The van der Waals surface area contributed by atoms with E-state index < -0.39 is 0 Å². The molecule has 0 saturated heterocycles. The highest BCUT2D eigenvalue weighted by atomic mass is 16.2. The monoisotopic (exact) mass is 264 g/mol. The Bertz CT molecular complexity index is 472. The minimum atomic E-state index is -0.199. The minimum Gasteiger partial charge on any atom is -0.397 e. The minimum absolute atomic E-state index is 0.0869. The summed E-state index contributed by atoms with van der Waals surface area (Å²) in [6.07, 6.45) is 0. The Labute approximate surface area is 112 Å². The molecule has 0 saturated carbocycles. The third kappa shape index (κ3) is 4.50. The first kappa shape index (κ1) is 14.8. The van der Waals surface area contributed by atoms with Crippen LogP contribution in [0.5, 0.6) is 0 Å². The third-order valence-corrected chi connectivity index (χ3v) is 2.43. The standard InChI is InChI=1S/C13H20N4O2/c1-8(2)17-12(18)7-16-11-6-9(13(19)15-3)4-5-10(11)14/h4-6,8,16H,7,14H2,1-3H3,(H,15,19)(H,17,18). The van der Waals surface area contributed by atoms with Gasteiger partial charge in [-0.25, -0.2) is 0 Å². The van der Waals surface area contributed by atoms with Crippen LogP contribution in [-0.4, -0.2) is 31.4 Å². The highest BCUT2D eigenvalue weighted by molar-refractivity contribution is 5.96. The van der Waals surface area contributed by atoms with Crippen molar-refractivity contribution in [2.45, 2.75) is 19.9 Å². The van der Waals surface area contributed by atoms with E-state index in [0.29, 0.717) is 16.9 Å². The molecule has 1 aromatic rings. The van der Waals surface area contributed by atoms with Gasteiger partial charge in [-0.2, -0.15) is 0 Å². The van der Waals surface area contributed by atoms with Gasteiger partial charge >= 0.3 is 0 Å². The molecule has 0 spiro atoms. The molecule has 0 heterocycles. The number of anilines is 2. The molecule has 1 rings (SSSR count). The van der Waals surface area contributed by atoms with E-state index in [1.54, 1.807) is 25.2 Å². The summed E-state index contributed by atoms with van der Waals surface area (Å²) >= 11 is 0. The predicted octanol–water partition coefficient (Wildman–Crippen LogP) is 0.565. The van der Waals surface area contributed by atoms with Gasteiger partial charge in [0.1, 0.15) is 0 Å². The fourth-order valence-electron chi connectivity index (χ4n) is 1.54. The Balaban J connectivity index is 2.72. The molecule has 0 unspecified atom stereocenters. The maximum Gasteiger partial charge on any atom is 0.251 e. The van der Waals surface area contributed by atoms with Crippen LogP contribution in [-0.2, 0) is 4.79 Å². The summed E-state index contributed by atoms with van der Waals surface area (Å²) in [6, 6.07) is 4.97. The quantitative estimate of drug-likeness (QED) is 0.584. The zero-order valence-corrected chi connectivity index (χ0v) is 11.4. The van der Waals surface area contributed by atoms with Gasteiger partial charge in [-0.3, -0.25) is 9.59 Å². The number of rotatable bonds is 5. The maximum absolute atomic E-state index is 11.5. The number of nitrogens with one attached hydrogen (secondary N) is 3. The van der Waals surface area contributed by atoms with Gasteiger partial charge in [0, 0.05) is 18.7 Å². The van der Waals surface area contributed by atoms with E-state index in [2.05, 4.69) is 16.0 Å². The van der Waals surface area contributed by atoms with Gasteiger partial charge in [0.2, 0.25) is 5.91 Å². The molecule has 0 fully saturated rings. The third-order valence-electron chi connectivity index (χ3n) is 2.43. The second kappa shape index (κ2) is 6.63. The van der Waals surface area contributed by atoms with E-state index in [9.17, 15) is 9.59 Å². The molecular formula is C13H20N4O2. The molecule has 0 aliphatic carbocycles. The molecule has 104 valence electrons. The van der Waals surface area contributed by atoms with Crippen molar-refractivity contribution < 1.29 is 9.59 Å². The summed E-state index contributed by atoms with van der Waals surface area (Å²) in [5.41, 5.74) is 7.34. The second-order valence-electron chi connectivity index (χ2n) is 4.46. The number of carbonyl (C=O) groups is 2. The molecule has 0 atom stereocenters. The van der Waals surface area contributed by atoms with Crippen LogP contribution >= 0.6 is 0 Å². The van der Waals surface area contributed by atoms with Gasteiger partial charge in [-0.15, -0.1) is 0 Å². The van der Waals surface area contributed by atoms with Crippen LogP contribution in [0.15, 0.2) is 18.2 Å². The van der Waals surface area contributed by atoms with Crippen LogP contribution < -0.4 is 21.7 Å². The van der Waals surface area contributed by atoms with Crippen molar-refractivity contribution in [2.75, 3.05) is 24.6 Å². The van der Waals surface area contributed by atoms with Gasteiger partial charge in [0.25, 0.3) is 5.91 Å². The van der Waals surface area contributed by atoms with Crippen molar-refractivity contribution in [1.82, 2.24) is 10.6 Å². The molecule has 6 heteroatoms. The summed E-state index contributed by atoms with van der Waals surface area (Å²) in [6.45, 7) is 3.89. The van der Waals surface area contributed by atoms with E-state index in [0.717, 1.165) is 0 Å². The number of nitrogen functional groups attached to an aromatic ring is 1. The molecule has 2 amide bonds. The zero-order chi connectivity index (χ0) is 14.4. The van der Waals surface area contributed by atoms with Gasteiger partial charge < -0.3 is 21.7 Å². The maximum atomic E-state index is 11.5. The number of hydrogen-bond donors (Lipinski definition) is 4. The van der Waals surface area contributed by atoms with E-state index in [-0.39, 0.29) is 24.4 Å². The Hall–Kier alpha value is -2.24. The topological polar surface area (TPSA) is 96.2 Å². The SMILES string of the molecule is CNC(=O)c1ccc(N)c(NCC(=O)NC(C)C)c1. The Morgan fingerprint density at radius 3 is 2.58 bits per heavy atom. The predicted molar refractivity (Wildman–Crippen MR) is 76.0 cm³/mol. The molecule has 0 aliphatic heterocycles. The lowest BCUT2D eigenvalue weighted by Crippen LogP contribution is -2.35. The zero-order valence-electron chi connectivity index (χ0n) is 11.4. The van der Waals surface area contributed by atoms with Crippen molar-refractivity contribution in [3.8, 4) is 0 Å². The summed E-state index contributed by atoms with van der Waals surface area (Å²) < 4.78 is 0. The van der Waals surface area contributed by atoms with Crippen LogP contribution in [0.25, 0.3) is 0 Å². The normalized spacial score (nSPS) is 10.1. The van der Waals surface area contributed by atoms with E-state index in [1.807, 2.05) is 13.8 Å². The summed E-state index contributed by atoms with van der Waals surface area (Å²) in [7, 11) is 1.56. The Kier molecular flexibility index (Phi) is 5.17. The molecule has 0 bridgehead atoms. The highest BCUT2D eigenvalue weighted by Gasteiger charge is 2.08. The number of carbonyl (C=O) groups excluding carboxylic acids is 2. The lowest BCUT2D eigenvalue weighted by molar-refractivity contribution is -0.119. The van der Waals surface area contributed by atoms with Gasteiger partial charge in [0.15, 0.2) is 0 Å². The molecular weight excluding hydrogens is 244 g/mol. The Morgan fingerprint density at radius 2 is 2.00 bits per heavy atom. The molecule has 6 nitrogen and oxygen atoms in total. The number of benzene rings is 1. The smallest absolute Gasteiger partial charge is 0.251 e. The van der Waals surface area contributed by atoms with Crippen molar-refractivity contribution in [1.29, 1.82) is 0 Å². The van der Waals surface area contributed by atoms with Crippen molar-refractivity contribution >= 4 is 23.2 Å². The van der Waals surface area contributed by atoms with Crippen LogP contribution in [0.2, 0.25) is 0 Å². The van der Waals surface area contributed by atoms with Gasteiger partial charge in [-0.05, 0) is 32.0 Å². The number of nitrogens with two attached hydrogens (primary N) is 1. The van der Waals surface area contributed by atoms with Crippen LogP contribution in [0.1, 0.15) is 24.2 Å². The van der Waals surface area contributed by atoms with E-state index in [1.165, 1.54) is 0 Å². The molecule has 5 N–H and O–H groups in total. The average molecular weight is 264 g/mol. The van der Waals surface area contributed by atoms with Crippen LogP contribution in [0, 0.1) is 0 Å². The summed E-state index contributed by atoms with van der Waals surface area (Å²) in [5, 5.41) is 8.21. The second-order valence-corrected chi connectivity index (χ2v) is 4.46. The van der Waals surface area contributed by atoms with Crippen LogP contribution in [0.3, 0.4) is 0 Å². The largest absolute Gasteiger partial charge is 0.397 e. The lowest BCUT2D eigenvalue weighted by atomic mass is 10.1. The highest BCUT2D eigenvalue weighted by Crippen LogP contribution is 2.19. The van der Waals surface area contributed by atoms with Crippen LogP contribution in [0.4, 0.5) is 11.4 Å². The van der Waals surface area contributed by atoms with E-state index >= 15 is 0 Å². The Morgan fingerprint density at radius 1 is 1.32 bits per heavy atom. The molecule has 0 aliphatic rings. The fourth-order valence-corrected chi connectivity index (χ4v) is 1.54. The molecule has 1 aromatic carbocycles. The molecule has 19 heavy (non-hydrogen) atoms. The van der Waals surface area contributed by atoms with Crippen molar-refractivity contribution in [3.05, 3.63) is 23.8 Å². The first-order chi connectivity index (χ1) is 8.93. The van der Waals surface area contributed by atoms with Gasteiger partial charge in [-0.1, -0.05) is 0 Å². The van der Waals surface area contributed by atoms with Gasteiger partial charge in [0.05, 0.1) is 17.9 Å². The summed E-state index contributed by atoms with van der Waals surface area (Å²) in [4.78, 5) is 23.0. The van der Waals surface area contributed by atoms with Crippen molar-refractivity contribution in [3.63, 3.8) is 0 Å². The van der Waals surface area contributed by atoms with E-state index in [4.69, 9.17) is 5.73 Å². The first-order valence-electron chi connectivity index (χ1n) is 6.09.